The molecule has 0 unspecified atom stereocenters. The Labute approximate surface area is 99.9 Å². The Bertz CT molecular complexity index is 860. The molecule has 0 saturated heterocycles. The molecule has 0 fully saturated rings. The molecule has 4 aromatic rings. The smallest absolute Gasteiger partial charge is 0.138 e. The van der Waals surface area contributed by atoms with E-state index in [1.807, 2.05) is 28.8 Å². The molecular formula is C13H7FN2S. The lowest BCUT2D eigenvalue weighted by molar-refractivity contribution is 0.630. The highest BCUT2D eigenvalue weighted by molar-refractivity contribution is 7.25. The Morgan fingerprint density at radius 2 is 2.12 bits per heavy atom. The average Bonchev–Trinajstić information content (AvgIpc) is 2.84. The van der Waals surface area contributed by atoms with Crippen LogP contribution in [0.3, 0.4) is 0 Å². The normalized spacial score (nSPS) is 11.8. The van der Waals surface area contributed by atoms with E-state index in [4.69, 9.17) is 0 Å². The maximum absolute atomic E-state index is 13.2. The summed E-state index contributed by atoms with van der Waals surface area (Å²) in [6, 6.07) is 10.8. The van der Waals surface area contributed by atoms with E-state index < -0.39 is 0 Å². The molecule has 0 spiro atoms. The van der Waals surface area contributed by atoms with Crippen LogP contribution in [-0.2, 0) is 0 Å². The van der Waals surface area contributed by atoms with Gasteiger partial charge in [-0.15, -0.1) is 11.3 Å². The number of hydrogen-bond acceptors (Lipinski definition) is 2. The molecule has 0 atom stereocenters. The lowest BCUT2D eigenvalue weighted by atomic mass is 10.2. The maximum atomic E-state index is 13.2. The standard InChI is InChI=1S/C13H7FN2S/c14-8-4-5-9-10(7-8)17-13-12(9)15-11-3-1-2-6-16(11)13/h1-7H. The second-order valence-corrected chi connectivity index (χ2v) is 4.97. The summed E-state index contributed by atoms with van der Waals surface area (Å²) in [5.74, 6) is -0.198. The highest BCUT2D eigenvalue weighted by Gasteiger charge is 2.11. The Balaban J connectivity index is 2.29. The third-order valence-electron chi connectivity index (χ3n) is 2.89. The number of imidazole rings is 1. The van der Waals surface area contributed by atoms with Gasteiger partial charge in [0.2, 0.25) is 0 Å². The van der Waals surface area contributed by atoms with Crippen molar-refractivity contribution in [1.29, 1.82) is 0 Å². The van der Waals surface area contributed by atoms with E-state index in [0.717, 1.165) is 26.1 Å². The molecule has 0 saturated carbocycles. The topological polar surface area (TPSA) is 17.3 Å². The Hall–Kier alpha value is -1.94. The molecule has 0 bridgehead atoms. The molecule has 0 aliphatic rings. The van der Waals surface area contributed by atoms with Gasteiger partial charge in [-0.05, 0) is 30.3 Å². The minimum Gasteiger partial charge on any atom is -0.291 e. The number of fused-ring (bicyclic) bond motifs is 5. The fourth-order valence-electron chi connectivity index (χ4n) is 2.13. The van der Waals surface area contributed by atoms with E-state index in [1.54, 1.807) is 23.5 Å². The molecule has 82 valence electrons. The van der Waals surface area contributed by atoms with Crippen molar-refractivity contribution in [2.45, 2.75) is 0 Å². The van der Waals surface area contributed by atoms with Crippen molar-refractivity contribution >= 4 is 37.4 Å². The summed E-state index contributed by atoms with van der Waals surface area (Å²) in [5.41, 5.74) is 1.89. The van der Waals surface area contributed by atoms with Crippen LogP contribution < -0.4 is 0 Å². The van der Waals surface area contributed by atoms with Crippen molar-refractivity contribution in [1.82, 2.24) is 9.38 Å². The summed E-state index contributed by atoms with van der Waals surface area (Å²) in [6.45, 7) is 0. The van der Waals surface area contributed by atoms with Gasteiger partial charge >= 0.3 is 0 Å². The number of halogens is 1. The molecule has 4 heteroatoms. The molecule has 0 N–H and O–H groups in total. The number of thiophene rings is 1. The van der Waals surface area contributed by atoms with Gasteiger partial charge in [-0.25, -0.2) is 9.37 Å². The van der Waals surface area contributed by atoms with Gasteiger partial charge in [0.25, 0.3) is 0 Å². The van der Waals surface area contributed by atoms with Crippen molar-refractivity contribution in [3.63, 3.8) is 0 Å². The summed E-state index contributed by atoms with van der Waals surface area (Å²) in [6.07, 6.45) is 1.98. The minimum absolute atomic E-state index is 0.198. The first-order valence-corrected chi connectivity index (χ1v) is 6.09. The van der Waals surface area contributed by atoms with Crippen LogP contribution in [0, 0.1) is 5.82 Å². The molecule has 0 aliphatic heterocycles. The number of rotatable bonds is 0. The first kappa shape index (κ1) is 9.13. The minimum atomic E-state index is -0.198. The second-order valence-electron chi connectivity index (χ2n) is 3.94. The zero-order valence-electron chi connectivity index (χ0n) is 8.72. The van der Waals surface area contributed by atoms with Crippen LogP contribution in [0.1, 0.15) is 0 Å². The molecule has 1 aromatic carbocycles. The van der Waals surface area contributed by atoms with Gasteiger partial charge in [0, 0.05) is 16.3 Å². The number of hydrogen-bond donors (Lipinski definition) is 0. The Morgan fingerprint density at radius 3 is 3.06 bits per heavy atom. The summed E-state index contributed by atoms with van der Waals surface area (Å²) < 4.78 is 16.1. The maximum Gasteiger partial charge on any atom is 0.138 e. The average molecular weight is 242 g/mol. The molecular weight excluding hydrogens is 235 g/mol. The van der Waals surface area contributed by atoms with Gasteiger partial charge in [0.1, 0.15) is 21.8 Å². The van der Waals surface area contributed by atoms with Crippen molar-refractivity contribution in [2.75, 3.05) is 0 Å². The zero-order valence-corrected chi connectivity index (χ0v) is 9.54. The molecule has 3 aromatic heterocycles. The van der Waals surface area contributed by atoms with E-state index in [1.165, 1.54) is 6.07 Å². The molecule has 2 nitrogen and oxygen atoms in total. The van der Waals surface area contributed by atoms with Crippen molar-refractivity contribution in [2.24, 2.45) is 0 Å². The fourth-order valence-corrected chi connectivity index (χ4v) is 3.29. The van der Waals surface area contributed by atoms with E-state index in [9.17, 15) is 4.39 Å². The third kappa shape index (κ3) is 1.16. The van der Waals surface area contributed by atoms with Crippen LogP contribution in [0.4, 0.5) is 4.39 Å². The molecule has 0 radical (unpaired) electrons. The predicted molar refractivity (Wildman–Crippen MR) is 68.0 cm³/mol. The quantitative estimate of drug-likeness (QED) is 0.458. The lowest BCUT2D eigenvalue weighted by Crippen LogP contribution is -1.79. The van der Waals surface area contributed by atoms with Crippen molar-refractivity contribution in [3.05, 3.63) is 48.4 Å². The molecule has 0 amide bonds. The highest BCUT2D eigenvalue weighted by atomic mass is 32.1. The molecule has 3 heterocycles. The summed E-state index contributed by atoms with van der Waals surface area (Å²) in [5, 5.41) is 1.02. The lowest BCUT2D eigenvalue weighted by Gasteiger charge is -1.91. The van der Waals surface area contributed by atoms with Gasteiger partial charge < -0.3 is 0 Å². The summed E-state index contributed by atoms with van der Waals surface area (Å²) in [4.78, 5) is 5.65. The Morgan fingerprint density at radius 1 is 1.18 bits per heavy atom. The van der Waals surface area contributed by atoms with E-state index in [2.05, 4.69) is 4.98 Å². The van der Waals surface area contributed by atoms with Crippen LogP contribution in [0.2, 0.25) is 0 Å². The molecule has 4 rings (SSSR count). The number of aromatic nitrogens is 2. The van der Waals surface area contributed by atoms with Crippen LogP contribution in [0.5, 0.6) is 0 Å². The van der Waals surface area contributed by atoms with Crippen molar-refractivity contribution in [3.8, 4) is 0 Å². The third-order valence-corrected chi connectivity index (χ3v) is 4.03. The van der Waals surface area contributed by atoms with E-state index in [-0.39, 0.29) is 5.82 Å². The first-order valence-electron chi connectivity index (χ1n) is 5.28. The SMILES string of the molecule is Fc1ccc2c(c1)sc1c2nc2ccccn21. The first-order chi connectivity index (χ1) is 8.33. The van der Waals surface area contributed by atoms with Crippen LogP contribution in [0.25, 0.3) is 26.1 Å². The second kappa shape index (κ2) is 3.05. The van der Waals surface area contributed by atoms with Crippen LogP contribution >= 0.6 is 11.3 Å². The fraction of sp³-hybridized carbons (Fsp3) is 0. The van der Waals surface area contributed by atoms with Crippen molar-refractivity contribution < 1.29 is 4.39 Å². The summed E-state index contributed by atoms with van der Waals surface area (Å²) >= 11 is 1.57. The van der Waals surface area contributed by atoms with Crippen LogP contribution in [0.15, 0.2) is 42.6 Å². The molecule has 0 aliphatic carbocycles. The Kier molecular flexibility index (Phi) is 1.64. The van der Waals surface area contributed by atoms with E-state index in [0.29, 0.717) is 0 Å². The molecule has 17 heavy (non-hydrogen) atoms. The van der Waals surface area contributed by atoms with Gasteiger partial charge in [-0.3, -0.25) is 4.40 Å². The monoisotopic (exact) mass is 242 g/mol. The van der Waals surface area contributed by atoms with Gasteiger partial charge in [0.05, 0.1) is 0 Å². The van der Waals surface area contributed by atoms with Crippen LogP contribution in [-0.4, -0.2) is 9.38 Å². The highest BCUT2D eigenvalue weighted by Crippen LogP contribution is 2.34. The predicted octanol–water partition coefficient (Wildman–Crippen LogP) is 3.84. The summed E-state index contributed by atoms with van der Waals surface area (Å²) in [7, 11) is 0. The largest absolute Gasteiger partial charge is 0.291 e. The van der Waals surface area contributed by atoms with Gasteiger partial charge in [-0.2, -0.15) is 0 Å². The number of benzene rings is 1. The van der Waals surface area contributed by atoms with Gasteiger partial charge in [0.15, 0.2) is 0 Å². The zero-order chi connectivity index (χ0) is 11.4. The van der Waals surface area contributed by atoms with Gasteiger partial charge in [-0.1, -0.05) is 6.07 Å². The number of pyridine rings is 1. The van der Waals surface area contributed by atoms with E-state index >= 15 is 0 Å². The number of nitrogens with zero attached hydrogens (tertiary/aromatic N) is 2.